The maximum atomic E-state index is 10.9. The van der Waals surface area contributed by atoms with E-state index in [-0.39, 0.29) is 33.0 Å². The normalized spacial score (nSPS) is 26.7. The average molecular weight is 369 g/mol. The zero-order valence-electron chi connectivity index (χ0n) is 14.1. The zero-order chi connectivity index (χ0) is 16.6. The Morgan fingerprint density at radius 3 is 1.71 bits per heavy atom. The Labute approximate surface area is 149 Å². The molecule has 0 aromatic carbocycles. The van der Waals surface area contributed by atoms with Crippen LogP contribution in [0.15, 0.2) is 0 Å². The van der Waals surface area contributed by atoms with Gasteiger partial charge in [0.1, 0.15) is 0 Å². The Balaban J connectivity index is 0. The molecule has 0 bridgehead atoms. The van der Waals surface area contributed by atoms with Crippen molar-refractivity contribution in [1.29, 1.82) is 0 Å². The molecule has 2 aliphatic heterocycles. The quantitative estimate of drug-likeness (QED) is 0.796. The largest absolute Gasteiger partial charge is 0.377 e. The van der Waals surface area contributed by atoms with E-state index >= 15 is 0 Å². The van der Waals surface area contributed by atoms with E-state index in [2.05, 4.69) is 4.72 Å². The number of nitrogens with one attached hydrogen (secondary N) is 1. The lowest BCUT2D eigenvalue weighted by atomic mass is 10.0. The number of hydrogen-bond acceptors (Lipinski definition) is 5. The topological polar surface area (TPSA) is 90.6 Å². The first-order valence-corrected chi connectivity index (χ1v) is 10.1. The molecule has 6 nitrogen and oxygen atoms in total. The molecule has 148 valence electrons. The Morgan fingerprint density at radius 2 is 1.42 bits per heavy atom. The SMILES string of the molecule is C.C.CC(N)C1CCCCO1.CC(NS(C)(=O)=O)C1CCCCO1. The predicted molar refractivity (Wildman–Crippen MR) is 102 cm³/mol. The van der Waals surface area contributed by atoms with Gasteiger partial charge in [0, 0.05) is 25.3 Å². The van der Waals surface area contributed by atoms with Gasteiger partial charge in [0.25, 0.3) is 0 Å². The minimum absolute atomic E-state index is 0. The van der Waals surface area contributed by atoms with Crippen LogP contribution in [0.5, 0.6) is 0 Å². The van der Waals surface area contributed by atoms with Crippen LogP contribution in [-0.2, 0) is 19.5 Å². The second-order valence-corrected chi connectivity index (χ2v) is 8.13. The van der Waals surface area contributed by atoms with Gasteiger partial charge in [-0.25, -0.2) is 13.1 Å². The van der Waals surface area contributed by atoms with Crippen molar-refractivity contribution in [2.75, 3.05) is 19.5 Å². The highest BCUT2D eigenvalue weighted by Gasteiger charge is 2.22. The zero-order valence-corrected chi connectivity index (χ0v) is 14.9. The number of ether oxygens (including phenoxy) is 2. The van der Waals surface area contributed by atoms with Crippen molar-refractivity contribution >= 4 is 10.0 Å². The molecule has 7 heteroatoms. The van der Waals surface area contributed by atoms with Crippen molar-refractivity contribution in [3.8, 4) is 0 Å². The summed E-state index contributed by atoms with van der Waals surface area (Å²) in [6.07, 6.45) is 8.35. The van der Waals surface area contributed by atoms with Gasteiger partial charge in [0.2, 0.25) is 10.0 Å². The highest BCUT2D eigenvalue weighted by molar-refractivity contribution is 7.88. The molecular weight excluding hydrogens is 328 g/mol. The summed E-state index contributed by atoms with van der Waals surface area (Å²) < 4.78 is 35.2. The number of nitrogens with two attached hydrogens (primary N) is 1. The van der Waals surface area contributed by atoms with Crippen LogP contribution in [0.1, 0.15) is 67.2 Å². The molecule has 3 N–H and O–H groups in total. The highest BCUT2D eigenvalue weighted by atomic mass is 32.2. The molecular formula is C17H40N2O4S. The molecule has 2 saturated heterocycles. The summed E-state index contributed by atoms with van der Waals surface area (Å²) >= 11 is 0. The van der Waals surface area contributed by atoms with E-state index in [0.29, 0.717) is 6.10 Å². The average Bonchev–Trinajstić information content (AvgIpc) is 2.48. The smallest absolute Gasteiger partial charge is 0.209 e. The molecule has 0 spiro atoms. The minimum Gasteiger partial charge on any atom is -0.377 e. The second-order valence-electron chi connectivity index (χ2n) is 6.35. The fourth-order valence-electron chi connectivity index (χ4n) is 2.75. The third-order valence-corrected chi connectivity index (χ3v) is 4.77. The van der Waals surface area contributed by atoms with E-state index < -0.39 is 10.0 Å². The summed E-state index contributed by atoms with van der Waals surface area (Å²) in [7, 11) is -3.10. The Bertz CT molecular complexity index is 389. The van der Waals surface area contributed by atoms with Gasteiger partial charge < -0.3 is 15.2 Å². The van der Waals surface area contributed by atoms with Crippen LogP contribution in [-0.4, -0.2) is 52.2 Å². The molecule has 2 aliphatic rings. The molecule has 0 saturated carbocycles. The lowest BCUT2D eigenvalue weighted by Gasteiger charge is -2.27. The Hall–Kier alpha value is -0.210. The number of hydrogen-bond donors (Lipinski definition) is 2. The van der Waals surface area contributed by atoms with Gasteiger partial charge in [-0.2, -0.15) is 0 Å². The summed E-state index contributed by atoms with van der Waals surface area (Å²) in [6.45, 7) is 5.51. The number of rotatable bonds is 4. The van der Waals surface area contributed by atoms with Gasteiger partial charge in [-0.3, -0.25) is 0 Å². The molecule has 24 heavy (non-hydrogen) atoms. The molecule has 0 radical (unpaired) electrons. The lowest BCUT2D eigenvalue weighted by molar-refractivity contribution is 0.000851. The standard InChI is InChI=1S/C8H17NO3S.C7H15NO.2CH4/c1-7(9-13(2,10)11)8-5-3-4-6-12-8;1-6(8)7-4-2-3-5-9-7;;/h7-9H,3-6H2,1-2H3;6-7H,2-5,8H2,1H3;2*1H4. The van der Waals surface area contributed by atoms with Crippen molar-refractivity contribution in [3.05, 3.63) is 0 Å². The second kappa shape index (κ2) is 13.1. The molecule has 0 aliphatic carbocycles. The molecule has 0 aromatic heterocycles. The first kappa shape index (κ1) is 26.0. The summed E-state index contributed by atoms with van der Waals surface area (Å²) in [6, 6.07) is 0.0978. The minimum atomic E-state index is -3.10. The monoisotopic (exact) mass is 368 g/mol. The van der Waals surface area contributed by atoms with Crippen molar-refractivity contribution in [3.63, 3.8) is 0 Å². The van der Waals surface area contributed by atoms with E-state index in [1.165, 1.54) is 19.1 Å². The highest BCUT2D eigenvalue weighted by Crippen LogP contribution is 2.16. The van der Waals surface area contributed by atoms with Crippen LogP contribution in [0, 0.1) is 0 Å². The van der Waals surface area contributed by atoms with Gasteiger partial charge in [0.15, 0.2) is 0 Å². The van der Waals surface area contributed by atoms with Gasteiger partial charge in [-0.05, 0) is 52.4 Å². The molecule has 0 amide bonds. The van der Waals surface area contributed by atoms with Crippen molar-refractivity contribution in [2.45, 2.75) is 91.5 Å². The summed E-state index contributed by atoms with van der Waals surface area (Å²) in [5.41, 5.74) is 5.64. The Morgan fingerprint density at radius 1 is 0.958 bits per heavy atom. The van der Waals surface area contributed by atoms with Crippen LogP contribution < -0.4 is 10.5 Å². The summed E-state index contributed by atoms with van der Waals surface area (Å²) in [5.74, 6) is 0. The molecule has 2 rings (SSSR count). The van der Waals surface area contributed by atoms with Crippen LogP contribution in [0.25, 0.3) is 0 Å². The first-order valence-electron chi connectivity index (χ1n) is 8.25. The van der Waals surface area contributed by atoms with Crippen LogP contribution >= 0.6 is 0 Å². The molecule has 4 unspecified atom stereocenters. The van der Waals surface area contributed by atoms with Crippen LogP contribution in [0.2, 0.25) is 0 Å². The van der Waals surface area contributed by atoms with Crippen molar-refractivity contribution in [2.24, 2.45) is 5.73 Å². The first-order chi connectivity index (χ1) is 10.3. The molecule has 2 heterocycles. The summed E-state index contributed by atoms with van der Waals surface area (Å²) in [4.78, 5) is 0. The van der Waals surface area contributed by atoms with Crippen LogP contribution in [0.3, 0.4) is 0 Å². The van der Waals surface area contributed by atoms with Gasteiger partial charge >= 0.3 is 0 Å². The fraction of sp³-hybridized carbons (Fsp3) is 1.00. The van der Waals surface area contributed by atoms with E-state index in [0.717, 1.165) is 38.9 Å². The van der Waals surface area contributed by atoms with Gasteiger partial charge in [-0.1, -0.05) is 14.9 Å². The fourth-order valence-corrected chi connectivity index (χ4v) is 3.58. The number of sulfonamides is 1. The maximum Gasteiger partial charge on any atom is 0.209 e. The molecule has 2 fully saturated rings. The van der Waals surface area contributed by atoms with Crippen molar-refractivity contribution < 1.29 is 17.9 Å². The van der Waals surface area contributed by atoms with Crippen LogP contribution in [0.4, 0.5) is 0 Å². The molecule has 0 aromatic rings. The maximum absolute atomic E-state index is 10.9. The van der Waals surface area contributed by atoms with E-state index in [1.54, 1.807) is 0 Å². The van der Waals surface area contributed by atoms with Gasteiger partial charge in [0.05, 0.1) is 18.5 Å². The third-order valence-electron chi connectivity index (χ3n) is 3.97. The Kier molecular flexibility index (Phi) is 14.2. The van der Waals surface area contributed by atoms with E-state index in [4.69, 9.17) is 15.2 Å². The van der Waals surface area contributed by atoms with Crippen molar-refractivity contribution in [1.82, 2.24) is 4.72 Å². The predicted octanol–water partition coefficient (Wildman–Crippen LogP) is 2.67. The lowest BCUT2D eigenvalue weighted by Crippen LogP contribution is -2.43. The summed E-state index contributed by atoms with van der Waals surface area (Å²) in [5, 5.41) is 0. The molecule has 4 atom stereocenters. The third kappa shape index (κ3) is 11.4. The van der Waals surface area contributed by atoms with E-state index in [1.807, 2.05) is 13.8 Å². The van der Waals surface area contributed by atoms with Gasteiger partial charge in [-0.15, -0.1) is 0 Å². The van der Waals surface area contributed by atoms with E-state index in [9.17, 15) is 8.42 Å².